The molecule has 0 heterocycles. The predicted octanol–water partition coefficient (Wildman–Crippen LogP) is 2.08. The maximum absolute atomic E-state index is 10.9. The first-order chi connectivity index (χ1) is 6.62. The van der Waals surface area contributed by atoms with Crippen molar-refractivity contribution in [2.45, 2.75) is 44.8 Å². The molecule has 1 aliphatic carbocycles. The SMILES string of the molecule is CC(=O)CC1CCC(OO)(OO)CC1.[HH]. The van der Waals surface area contributed by atoms with Crippen LogP contribution in [0.2, 0.25) is 0 Å². The summed E-state index contributed by atoms with van der Waals surface area (Å²) < 4.78 is 0. The van der Waals surface area contributed by atoms with Crippen LogP contribution in [0.25, 0.3) is 0 Å². The molecule has 1 saturated carbocycles. The second kappa shape index (κ2) is 4.84. The molecule has 0 aliphatic heterocycles. The van der Waals surface area contributed by atoms with Crippen LogP contribution >= 0.6 is 0 Å². The number of hydrogen-bond acceptors (Lipinski definition) is 5. The smallest absolute Gasteiger partial charge is 0.233 e. The van der Waals surface area contributed by atoms with E-state index in [-0.39, 0.29) is 7.21 Å². The Morgan fingerprint density at radius 1 is 1.43 bits per heavy atom. The van der Waals surface area contributed by atoms with Gasteiger partial charge in [0.15, 0.2) is 0 Å². The second-order valence-electron chi connectivity index (χ2n) is 3.94. The van der Waals surface area contributed by atoms with Crippen LogP contribution in [-0.4, -0.2) is 22.1 Å². The summed E-state index contributed by atoms with van der Waals surface area (Å²) in [5, 5.41) is 17.1. The van der Waals surface area contributed by atoms with E-state index in [4.69, 9.17) is 10.5 Å². The van der Waals surface area contributed by atoms with Gasteiger partial charge in [-0.25, -0.2) is 20.3 Å². The van der Waals surface area contributed by atoms with Gasteiger partial charge in [0.25, 0.3) is 0 Å². The quantitative estimate of drug-likeness (QED) is 0.418. The highest BCUT2D eigenvalue weighted by Crippen LogP contribution is 2.36. The van der Waals surface area contributed by atoms with Crippen molar-refractivity contribution in [1.82, 2.24) is 0 Å². The Hall–Kier alpha value is -0.490. The Morgan fingerprint density at radius 2 is 1.93 bits per heavy atom. The topological polar surface area (TPSA) is 76.0 Å². The minimum Gasteiger partial charge on any atom is -0.300 e. The Labute approximate surface area is 84.0 Å². The van der Waals surface area contributed by atoms with Crippen LogP contribution in [0.3, 0.4) is 0 Å². The van der Waals surface area contributed by atoms with Gasteiger partial charge in [0.2, 0.25) is 5.79 Å². The van der Waals surface area contributed by atoms with Gasteiger partial charge < -0.3 is 4.79 Å². The highest BCUT2D eigenvalue weighted by Gasteiger charge is 2.38. The molecule has 0 aromatic heterocycles. The van der Waals surface area contributed by atoms with Crippen LogP contribution in [0, 0.1) is 5.92 Å². The first kappa shape index (κ1) is 11.6. The monoisotopic (exact) mass is 206 g/mol. The predicted molar refractivity (Wildman–Crippen MR) is 49.5 cm³/mol. The largest absolute Gasteiger partial charge is 0.300 e. The third-order valence-corrected chi connectivity index (χ3v) is 2.78. The van der Waals surface area contributed by atoms with Crippen LogP contribution < -0.4 is 0 Å². The van der Waals surface area contributed by atoms with E-state index < -0.39 is 5.79 Å². The first-order valence-corrected chi connectivity index (χ1v) is 4.76. The van der Waals surface area contributed by atoms with Gasteiger partial charge in [0.1, 0.15) is 5.78 Å². The van der Waals surface area contributed by atoms with Crippen LogP contribution in [0.1, 0.15) is 40.5 Å². The van der Waals surface area contributed by atoms with E-state index in [2.05, 4.69) is 9.78 Å². The van der Waals surface area contributed by atoms with Gasteiger partial charge in [-0.15, -0.1) is 0 Å². The summed E-state index contributed by atoms with van der Waals surface area (Å²) in [6, 6.07) is 0. The van der Waals surface area contributed by atoms with Crippen molar-refractivity contribution < 1.29 is 26.5 Å². The van der Waals surface area contributed by atoms with Crippen LogP contribution in [0.5, 0.6) is 0 Å². The highest BCUT2D eigenvalue weighted by molar-refractivity contribution is 5.75. The lowest BCUT2D eigenvalue weighted by atomic mass is 9.82. The molecule has 0 saturated heterocycles. The summed E-state index contributed by atoms with van der Waals surface area (Å²) in [5.41, 5.74) is 0. The molecule has 0 amide bonds. The van der Waals surface area contributed by atoms with E-state index in [0.29, 0.717) is 38.0 Å². The fourth-order valence-electron chi connectivity index (χ4n) is 1.93. The summed E-state index contributed by atoms with van der Waals surface area (Å²) in [7, 11) is 0. The number of carbonyl (C=O) groups excluding carboxylic acids is 1. The molecule has 0 radical (unpaired) electrons. The van der Waals surface area contributed by atoms with E-state index in [1.165, 1.54) is 0 Å². The lowest BCUT2D eigenvalue weighted by Crippen LogP contribution is -2.38. The fraction of sp³-hybridized carbons (Fsp3) is 0.889. The van der Waals surface area contributed by atoms with Crippen LogP contribution in [-0.2, 0) is 14.6 Å². The summed E-state index contributed by atoms with van der Waals surface area (Å²) >= 11 is 0. The van der Waals surface area contributed by atoms with Crippen molar-refractivity contribution in [2.24, 2.45) is 5.92 Å². The van der Waals surface area contributed by atoms with E-state index in [0.717, 1.165) is 0 Å². The number of Topliss-reactive ketones (excluding diaryl/α,β-unsaturated/α-hetero) is 1. The van der Waals surface area contributed by atoms with E-state index >= 15 is 0 Å². The molecule has 0 unspecified atom stereocenters. The molecule has 1 rings (SSSR count). The highest BCUT2D eigenvalue weighted by atomic mass is 17.2. The number of rotatable bonds is 4. The molecular weight excluding hydrogens is 188 g/mol. The average molecular weight is 206 g/mol. The van der Waals surface area contributed by atoms with Gasteiger partial charge in [0.05, 0.1) is 0 Å². The van der Waals surface area contributed by atoms with Crippen molar-refractivity contribution in [3.8, 4) is 0 Å². The normalized spacial score (nSPS) is 22.2. The average Bonchev–Trinajstić information content (AvgIpc) is 2.19. The number of carbonyl (C=O) groups is 1. The molecule has 0 aromatic rings. The third kappa shape index (κ3) is 2.75. The fourth-order valence-corrected chi connectivity index (χ4v) is 1.93. The lowest BCUT2D eigenvalue weighted by Gasteiger charge is -2.33. The molecule has 0 bridgehead atoms. The molecular formula is C9H18O5. The Morgan fingerprint density at radius 3 is 2.29 bits per heavy atom. The standard InChI is InChI=1S/C9H16O5.H2/c1-7(10)6-8-2-4-9(13-11,14-12)5-3-8;/h8,11-12H,2-6H2,1H3;1H. The van der Waals surface area contributed by atoms with Crippen LogP contribution in [0.4, 0.5) is 0 Å². The molecule has 5 heteroatoms. The van der Waals surface area contributed by atoms with Gasteiger partial charge in [-0.05, 0) is 25.7 Å². The molecule has 5 nitrogen and oxygen atoms in total. The van der Waals surface area contributed by atoms with Crippen molar-refractivity contribution >= 4 is 5.78 Å². The lowest BCUT2D eigenvalue weighted by molar-refractivity contribution is -0.493. The van der Waals surface area contributed by atoms with E-state index in [9.17, 15) is 4.79 Å². The summed E-state index contributed by atoms with van der Waals surface area (Å²) in [4.78, 5) is 19.1. The Balaban J connectivity index is 0.00000196. The van der Waals surface area contributed by atoms with Gasteiger partial charge in [-0.1, -0.05) is 0 Å². The van der Waals surface area contributed by atoms with Gasteiger partial charge in [0, 0.05) is 20.7 Å². The summed E-state index contributed by atoms with van der Waals surface area (Å²) in [5.74, 6) is -0.795. The van der Waals surface area contributed by atoms with Crippen LogP contribution in [0.15, 0.2) is 0 Å². The van der Waals surface area contributed by atoms with Gasteiger partial charge >= 0.3 is 0 Å². The number of hydrogen-bond donors (Lipinski definition) is 2. The molecule has 0 aromatic carbocycles. The van der Waals surface area contributed by atoms with Crippen molar-refractivity contribution in [3.05, 3.63) is 0 Å². The van der Waals surface area contributed by atoms with Gasteiger partial charge in [-0.2, -0.15) is 0 Å². The van der Waals surface area contributed by atoms with Crippen molar-refractivity contribution in [3.63, 3.8) is 0 Å². The van der Waals surface area contributed by atoms with Crippen molar-refractivity contribution in [2.75, 3.05) is 0 Å². The Bertz CT molecular complexity index is 195. The number of ketones is 1. The third-order valence-electron chi connectivity index (χ3n) is 2.78. The molecule has 14 heavy (non-hydrogen) atoms. The van der Waals surface area contributed by atoms with E-state index in [1.807, 2.05) is 0 Å². The zero-order chi connectivity index (χ0) is 10.6. The zero-order valence-electron chi connectivity index (χ0n) is 8.23. The van der Waals surface area contributed by atoms with Crippen molar-refractivity contribution in [1.29, 1.82) is 0 Å². The molecule has 2 N–H and O–H groups in total. The first-order valence-electron chi connectivity index (χ1n) is 4.76. The molecule has 1 aliphatic rings. The molecule has 1 fully saturated rings. The minimum atomic E-state index is -1.27. The summed E-state index contributed by atoms with van der Waals surface area (Å²) in [6.45, 7) is 1.56. The zero-order valence-corrected chi connectivity index (χ0v) is 8.23. The minimum absolute atomic E-state index is 0. The maximum atomic E-state index is 10.9. The second-order valence-corrected chi connectivity index (χ2v) is 3.94. The molecule has 84 valence electrons. The summed E-state index contributed by atoms with van der Waals surface area (Å²) in [6.07, 6.45) is 2.77. The maximum Gasteiger partial charge on any atom is 0.233 e. The molecule has 0 atom stereocenters. The van der Waals surface area contributed by atoms with Gasteiger partial charge in [-0.3, -0.25) is 0 Å². The Kier molecular flexibility index (Phi) is 4.00. The molecule has 0 spiro atoms. The van der Waals surface area contributed by atoms with E-state index in [1.54, 1.807) is 6.92 Å².